The van der Waals surface area contributed by atoms with E-state index in [1.54, 1.807) is 0 Å². The van der Waals surface area contributed by atoms with Crippen LogP contribution in [0.4, 0.5) is 5.69 Å². The molecule has 0 unspecified atom stereocenters. The summed E-state index contributed by atoms with van der Waals surface area (Å²) < 4.78 is 0. The highest BCUT2D eigenvalue weighted by Gasteiger charge is 2.15. The second-order valence-electron chi connectivity index (χ2n) is 5.20. The second-order valence-corrected chi connectivity index (χ2v) is 5.20. The summed E-state index contributed by atoms with van der Waals surface area (Å²) in [5, 5.41) is 11.0. The minimum atomic E-state index is -0.828. The number of nitrogens with one attached hydrogen (secondary N) is 2. The van der Waals surface area contributed by atoms with Crippen LogP contribution in [0.3, 0.4) is 0 Å². The Labute approximate surface area is 119 Å². The van der Waals surface area contributed by atoms with Crippen molar-refractivity contribution in [2.75, 3.05) is 7.05 Å². The van der Waals surface area contributed by atoms with Gasteiger partial charge in [0.2, 0.25) is 0 Å². The van der Waals surface area contributed by atoms with E-state index in [0.29, 0.717) is 17.6 Å². The lowest BCUT2D eigenvalue weighted by atomic mass is 10.1. The summed E-state index contributed by atoms with van der Waals surface area (Å²) in [6.45, 7) is 4.39. The molecule has 2 rings (SSSR count). The van der Waals surface area contributed by atoms with E-state index in [2.05, 4.69) is 9.97 Å². The molecular weight excluding hydrogens is 276 g/mol. The average molecular weight is 292 g/mol. The molecule has 8 heteroatoms. The number of fused-ring (bicyclic) bond motifs is 1. The standard InChI is InChI=1S/C13H16N4O4/c1-7(2)16(3)6-8-4-9(17(20)21)5-10-11(8)15-13(19)12(18)14-10/h4-5,7H,6H2,1-3H3,(H,14,18)(H,15,19). The van der Waals surface area contributed by atoms with Crippen molar-refractivity contribution in [2.45, 2.75) is 26.4 Å². The number of rotatable bonds is 4. The van der Waals surface area contributed by atoms with Crippen molar-refractivity contribution in [1.82, 2.24) is 14.9 Å². The number of H-pyrrole nitrogens is 2. The Morgan fingerprint density at radius 2 is 1.86 bits per heavy atom. The van der Waals surface area contributed by atoms with Gasteiger partial charge >= 0.3 is 11.1 Å². The molecule has 1 aromatic carbocycles. The molecule has 21 heavy (non-hydrogen) atoms. The van der Waals surface area contributed by atoms with Crippen LogP contribution in [-0.4, -0.2) is 32.9 Å². The summed E-state index contributed by atoms with van der Waals surface area (Å²) in [6.07, 6.45) is 0. The number of nitrogens with zero attached hydrogens (tertiary/aromatic N) is 2. The molecule has 8 nitrogen and oxygen atoms in total. The summed E-state index contributed by atoms with van der Waals surface area (Å²) >= 11 is 0. The third kappa shape index (κ3) is 3.00. The molecule has 2 aromatic rings. The molecule has 0 atom stereocenters. The van der Waals surface area contributed by atoms with Crippen LogP contribution in [-0.2, 0) is 6.54 Å². The molecule has 0 amide bonds. The van der Waals surface area contributed by atoms with Crippen LogP contribution in [0.15, 0.2) is 21.7 Å². The monoisotopic (exact) mass is 292 g/mol. The maximum Gasteiger partial charge on any atom is 0.314 e. The molecule has 2 N–H and O–H groups in total. The Morgan fingerprint density at radius 3 is 2.43 bits per heavy atom. The highest BCUT2D eigenvalue weighted by atomic mass is 16.6. The fourth-order valence-corrected chi connectivity index (χ4v) is 1.96. The minimum Gasteiger partial charge on any atom is -0.316 e. The third-order valence-electron chi connectivity index (χ3n) is 3.41. The lowest BCUT2D eigenvalue weighted by Crippen LogP contribution is -2.30. The van der Waals surface area contributed by atoms with Crippen LogP contribution in [0.25, 0.3) is 11.0 Å². The van der Waals surface area contributed by atoms with Crippen molar-refractivity contribution in [3.63, 3.8) is 0 Å². The summed E-state index contributed by atoms with van der Waals surface area (Å²) in [6, 6.07) is 2.88. The van der Waals surface area contributed by atoms with Crippen LogP contribution >= 0.6 is 0 Å². The van der Waals surface area contributed by atoms with E-state index in [-0.39, 0.29) is 17.2 Å². The number of nitro groups is 1. The number of non-ortho nitro benzene ring substituents is 1. The van der Waals surface area contributed by atoms with Gasteiger partial charge in [0.05, 0.1) is 16.0 Å². The number of hydrogen-bond acceptors (Lipinski definition) is 5. The summed E-state index contributed by atoms with van der Waals surface area (Å²) in [5.41, 5.74) is -0.476. The first kappa shape index (κ1) is 14.9. The van der Waals surface area contributed by atoms with Crippen LogP contribution in [0.2, 0.25) is 0 Å². The largest absolute Gasteiger partial charge is 0.316 e. The Bertz CT molecular complexity index is 806. The Balaban J connectivity index is 2.70. The topological polar surface area (TPSA) is 112 Å². The zero-order valence-electron chi connectivity index (χ0n) is 12.0. The molecule has 0 aliphatic heterocycles. The average Bonchev–Trinajstić information content (AvgIpc) is 2.40. The lowest BCUT2D eigenvalue weighted by molar-refractivity contribution is -0.384. The summed E-state index contributed by atoms with van der Waals surface area (Å²) in [5.74, 6) is 0. The molecule has 0 fully saturated rings. The van der Waals surface area contributed by atoms with Crippen LogP contribution in [0.5, 0.6) is 0 Å². The molecule has 1 heterocycles. The Kier molecular flexibility index (Phi) is 3.90. The molecule has 0 bridgehead atoms. The van der Waals surface area contributed by atoms with Gasteiger partial charge in [-0.05, 0) is 26.5 Å². The molecule has 0 aliphatic rings. The highest BCUT2D eigenvalue weighted by molar-refractivity contribution is 5.80. The number of hydrogen-bond donors (Lipinski definition) is 2. The minimum absolute atomic E-state index is 0.127. The van der Waals surface area contributed by atoms with Crippen molar-refractivity contribution in [3.8, 4) is 0 Å². The predicted molar refractivity (Wildman–Crippen MR) is 78.4 cm³/mol. The van der Waals surface area contributed by atoms with E-state index in [1.165, 1.54) is 12.1 Å². The molecule has 0 saturated carbocycles. The van der Waals surface area contributed by atoms with E-state index in [9.17, 15) is 19.7 Å². The normalized spacial score (nSPS) is 11.5. The van der Waals surface area contributed by atoms with Crippen LogP contribution < -0.4 is 11.1 Å². The third-order valence-corrected chi connectivity index (χ3v) is 3.41. The molecule has 0 saturated heterocycles. The van der Waals surface area contributed by atoms with Gasteiger partial charge in [-0.2, -0.15) is 0 Å². The van der Waals surface area contributed by atoms with Gasteiger partial charge in [-0.25, -0.2) is 0 Å². The van der Waals surface area contributed by atoms with Crippen LogP contribution in [0, 0.1) is 10.1 Å². The first-order valence-electron chi connectivity index (χ1n) is 6.43. The smallest absolute Gasteiger partial charge is 0.314 e. The quantitative estimate of drug-likeness (QED) is 0.495. The van der Waals surface area contributed by atoms with E-state index < -0.39 is 16.0 Å². The molecule has 1 aromatic heterocycles. The second kappa shape index (κ2) is 5.49. The van der Waals surface area contributed by atoms with E-state index in [4.69, 9.17) is 0 Å². The van der Waals surface area contributed by atoms with Gasteiger partial charge in [0.15, 0.2) is 0 Å². The number of aromatic nitrogens is 2. The van der Waals surface area contributed by atoms with Crippen molar-refractivity contribution < 1.29 is 4.92 Å². The first-order valence-corrected chi connectivity index (χ1v) is 6.43. The predicted octanol–water partition coefficient (Wildman–Crippen LogP) is 0.965. The zero-order chi connectivity index (χ0) is 15.7. The zero-order valence-corrected chi connectivity index (χ0v) is 12.0. The summed E-state index contributed by atoms with van der Waals surface area (Å²) in [7, 11) is 1.87. The van der Waals surface area contributed by atoms with Gasteiger partial charge in [0.25, 0.3) is 5.69 Å². The van der Waals surface area contributed by atoms with Gasteiger partial charge in [0.1, 0.15) is 0 Å². The lowest BCUT2D eigenvalue weighted by Gasteiger charge is -2.21. The number of benzene rings is 1. The SMILES string of the molecule is CC(C)N(C)Cc1cc([N+](=O)[O-])cc2[nH]c(=O)c(=O)[nH]c12. The van der Waals surface area contributed by atoms with E-state index in [0.717, 1.165) is 0 Å². The van der Waals surface area contributed by atoms with E-state index >= 15 is 0 Å². The molecular formula is C13H16N4O4. The highest BCUT2D eigenvalue weighted by Crippen LogP contribution is 2.22. The van der Waals surface area contributed by atoms with Crippen molar-refractivity contribution in [1.29, 1.82) is 0 Å². The molecule has 112 valence electrons. The van der Waals surface area contributed by atoms with Crippen molar-refractivity contribution >= 4 is 16.7 Å². The van der Waals surface area contributed by atoms with Crippen molar-refractivity contribution in [3.05, 3.63) is 48.5 Å². The maximum absolute atomic E-state index is 11.5. The first-order chi connectivity index (χ1) is 9.79. The van der Waals surface area contributed by atoms with Gasteiger partial charge in [-0.1, -0.05) is 0 Å². The van der Waals surface area contributed by atoms with Gasteiger partial charge in [-0.3, -0.25) is 24.6 Å². The maximum atomic E-state index is 11.5. The fourth-order valence-electron chi connectivity index (χ4n) is 1.96. The molecule has 0 aliphatic carbocycles. The fraction of sp³-hybridized carbons (Fsp3) is 0.385. The molecule has 0 spiro atoms. The van der Waals surface area contributed by atoms with Crippen molar-refractivity contribution in [2.24, 2.45) is 0 Å². The number of nitro benzene ring substituents is 1. The Hall–Kier alpha value is -2.48. The molecule has 0 radical (unpaired) electrons. The van der Waals surface area contributed by atoms with Gasteiger partial charge in [0, 0.05) is 24.7 Å². The van der Waals surface area contributed by atoms with Crippen LogP contribution in [0.1, 0.15) is 19.4 Å². The van der Waals surface area contributed by atoms with Gasteiger partial charge < -0.3 is 9.97 Å². The summed E-state index contributed by atoms with van der Waals surface area (Å²) in [4.78, 5) is 40.2. The van der Waals surface area contributed by atoms with E-state index in [1.807, 2.05) is 25.8 Å². The number of aromatic amines is 2. The Morgan fingerprint density at radius 1 is 1.24 bits per heavy atom. The van der Waals surface area contributed by atoms with Gasteiger partial charge in [-0.15, -0.1) is 0 Å².